The average molecular weight is 260 g/mol. The maximum atomic E-state index is 5.92. The summed E-state index contributed by atoms with van der Waals surface area (Å²) in [5.41, 5.74) is 9.11. The summed E-state index contributed by atoms with van der Waals surface area (Å²) in [7, 11) is 0. The molecule has 1 unspecified atom stereocenters. The van der Waals surface area contributed by atoms with Crippen molar-refractivity contribution in [3.05, 3.63) is 29.8 Å². The molecule has 106 valence electrons. The molecule has 1 atom stereocenters. The van der Waals surface area contributed by atoms with Gasteiger partial charge in [-0.3, -0.25) is 0 Å². The van der Waals surface area contributed by atoms with Crippen LogP contribution in [0.5, 0.6) is 0 Å². The predicted molar refractivity (Wildman–Crippen MR) is 83.7 cm³/mol. The fourth-order valence-corrected chi connectivity index (χ4v) is 3.31. The molecule has 1 aromatic rings. The van der Waals surface area contributed by atoms with Crippen LogP contribution in [0.3, 0.4) is 0 Å². The number of nitrogens with two attached hydrogens (primary N) is 1. The maximum absolute atomic E-state index is 5.92. The van der Waals surface area contributed by atoms with Gasteiger partial charge in [0.15, 0.2) is 0 Å². The van der Waals surface area contributed by atoms with E-state index in [1.54, 1.807) is 0 Å². The van der Waals surface area contributed by atoms with Gasteiger partial charge in [0.1, 0.15) is 0 Å². The van der Waals surface area contributed by atoms with Gasteiger partial charge < -0.3 is 10.6 Å². The van der Waals surface area contributed by atoms with Gasteiger partial charge in [-0.15, -0.1) is 0 Å². The molecule has 0 bridgehead atoms. The maximum Gasteiger partial charge on any atom is 0.0401 e. The minimum atomic E-state index is 0.303. The van der Waals surface area contributed by atoms with E-state index in [1.165, 1.54) is 17.7 Å². The van der Waals surface area contributed by atoms with Crippen molar-refractivity contribution in [1.82, 2.24) is 0 Å². The molecule has 0 saturated carbocycles. The first-order valence-electron chi connectivity index (χ1n) is 7.49. The first-order valence-corrected chi connectivity index (χ1v) is 7.49. The lowest BCUT2D eigenvalue weighted by Crippen LogP contribution is -2.48. The zero-order valence-corrected chi connectivity index (χ0v) is 12.8. The van der Waals surface area contributed by atoms with E-state index in [4.69, 9.17) is 5.73 Å². The molecule has 0 amide bonds. The second kappa shape index (κ2) is 5.54. The van der Waals surface area contributed by atoms with Crippen LogP contribution < -0.4 is 10.6 Å². The predicted octanol–water partition coefficient (Wildman–Crippen LogP) is 3.62. The summed E-state index contributed by atoms with van der Waals surface area (Å²) in [5.74, 6) is 1.22. The van der Waals surface area contributed by atoms with Gasteiger partial charge >= 0.3 is 0 Å². The Kier molecular flexibility index (Phi) is 4.19. The normalized spacial score (nSPS) is 22.8. The van der Waals surface area contributed by atoms with Crippen LogP contribution in [0.1, 0.15) is 45.6 Å². The molecule has 2 nitrogen and oxygen atoms in total. The molecule has 1 saturated heterocycles. The smallest absolute Gasteiger partial charge is 0.0401 e. The number of anilines is 1. The quantitative estimate of drug-likeness (QED) is 0.899. The van der Waals surface area contributed by atoms with Gasteiger partial charge in [0.2, 0.25) is 0 Å². The Balaban J connectivity index is 2.25. The number of benzene rings is 1. The minimum Gasteiger partial charge on any atom is -0.371 e. The van der Waals surface area contributed by atoms with Gasteiger partial charge in [0, 0.05) is 18.8 Å². The zero-order chi connectivity index (χ0) is 14.0. The summed E-state index contributed by atoms with van der Waals surface area (Å²) in [4.78, 5) is 2.56. The van der Waals surface area contributed by atoms with Gasteiger partial charge in [0.05, 0.1) is 0 Å². The fraction of sp³-hybridized carbons (Fsp3) is 0.647. The summed E-state index contributed by atoms with van der Waals surface area (Å²) in [6.07, 6.45) is 1.20. The van der Waals surface area contributed by atoms with Crippen LogP contribution in [0, 0.1) is 11.3 Å². The standard InChI is InChI=1S/C17H28N2/c1-13(2)15-7-5-6-8-16(15)19-10-9-14(11-18)17(3,4)12-19/h5-8,13-14H,9-12,18H2,1-4H3. The van der Waals surface area contributed by atoms with Crippen molar-refractivity contribution in [3.8, 4) is 0 Å². The van der Waals surface area contributed by atoms with Crippen molar-refractivity contribution in [2.24, 2.45) is 17.1 Å². The highest BCUT2D eigenvalue weighted by Gasteiger charge is 2.35. The number of hydrogen-bond acceptors (Lipinski definition) is 2. The molecule has 2 rings (SSSR count). The molecule has 1 fully saturated rings. The highest BCUT2D eigenvalue weighted by atomic mass is 15.1. The van der Waals surface area contributed by atoms with Crippen molar-refractivity contribution in [2.45, 2.75) is 40.0 Å². The summed E-state index contributed by atoms with van der Waals surface area (Å²) < 4.78 is 0. The Hall–Kier alpha value is -1.02. The van der Waals surface area contributed by atoms with Crippen LogP contribution in [0.2, 0.25) is 0 Å². The number of piperidine rings is 1. The van der Waals surface area contributed by atoms with E-state index in [9.17, 15) is 0 Å². The summed E-state index contributed by atoms with van der Waals surface area (Å²) in [6.45, 7) is 12.3. The Morgan fingerprint density at radius 1 is 1.32 bits per heavy atom. The molecule has 0 aliphatic carbocycles. The third-order valence-electron chi connectivity index (χ3n) is 4.63. The molecule has 2 heteroatoms. The zero-order valence-electron chi connectivity index (χ0n) is 12.8. The summed E-state index contributed by atoms with van der Waals surface area (Å²) in [5, 5.41) is 0. The number of rotatable bonds is 3. The molecule has 1 aromatic carbocycles. The lowest BCUT2D eigenvalue weighted by atomic mass is 9.73. The van der Waals surface area contributed by atoms with E-state index in [1.807, 2.05) is 0 Å². The van der Waals surface area contributed by atoms with Gasteiger partial charge in [-0.25, -0.2) is 0 Å². The molecule has 0 radical (unpaired) electrons. The van der Waals surface area contributed by atoms with E-state index < -0.39 is 0 Å². The third-order valence-corrected chi connectivity index (χ3v) is 4.63. The van der Waals surface area contributed by atoms with Gasteiger partial charge in [-0.1, -0.05) is 45.9 Å². The third kappa shape index (κ3) is 2.94. The largest absolute Gasteiger partial charge is 0.371 e. The Labute approximate surface area is 118 Å². The number of hydrogen-bond donors (Lipinski definition) is 1. The van der Waals surface area contributed by atoms with Crippen LogP contribution >= 0.6 is 0 Å². The van der Waals surface area contributed by atoms with E-state index in [-0.39, 0.29) is 0 Å². The molecule has 1 aliphatic rings. The second-order valence-electron chi connectivity index (χ2n) is 6.84. The molecule has 1 heterocycles. The van der Waals surface area contributed by atoms with Crippen molar-refractivity contribution in [3.63, 3.8) is 0 Å². The molecular formula is C17H28N2. The van der Waals surface area contributed by atoms with Crippen LogP contribution in [-0.4, -0.2) is 19.6 Å². The van der Waals surface area contributed by atoms with Crippen LogP contribution in [-0.2, 0) is 0 Å². The van der Waals surface area contributed by atoms with Crippen molar-refractivity contribution in [1.29, 1.82) is 0 Å². The van der Waals surface area contributed by atoms with Gasteiger partial charge in [-0.05, 0) is 41.8 Å². The highest BCUT2D eigenvalue weighted by molar-refractivity contribution is 5.55. The fourth-order valence-electron chi connectivity index (χ4n) is 3.31. The van der Waals surface area contributed by atoms with Crippen molar-refractivity contribution < 1.29 is 0 Å². The van der Waals surface area contributed by atoms with E-state index in [0.717, 1.165) is 19.6 Å². The van der Waals surface area contributed by atoms with E-state index in [0.29, 0.717) is 17.3 Å². The molecule has 19 heavy (non-hydrogen) atoms. The van der Waals surface area contributed by atoms with E-state index >= 15 is 0 Å². The SMILES string of the molecule is CC(C)c1ccccc1N1CCC(CN)C(C)(C)C1. The molecule has 2 N–H and O–H groups in total. The first-order chi connectivity index (χ1) is 8.95. The van der Waals surface area contributed by atoms with Gasteiger partial charge in [-0.2, -0.15) is 0 Å². The summed E-state index contributed by atoms with van der Waals surface area (Å²) >= 11 is 0. The molecule has 0 aromatic heterocycles. The Bertz CT molecular complexity index is 423. The number of para-hydroxylation sites is 1. The molecular weight excluding hydrogens is 232 g/mol. The minimum absolute atomic E-state index is 0.303. The Morgan fingerprint density at radius 2 is 2.00 bits per heavy atom. The lowest BCUT2D eigenvalue weighted by Gasteiger charge is -2.45. The molecule has 0 spiro atoms. The van der Waals surface area contributed by atoms with Crippen molar-refractivity contribution in [2.75, 3.05) is 24.5 Å². The van der Waals surface area contributed by atoms with Crippen molar-refractivity contribution >= 4 is 5.69 Å². The monoisotopic (exact) mass is 260 g/mol. The lowest BCUT2D eigenvalue weighted by molar-refractivity contribution is 0.182. The second-order valence-corrected chi connectivity index (χ2v) is 6.84. The van der Waals surface area contributed by atoms with E-state index in [2.05, 4.69) is 56.9 Å². The topological polar surface area (TPSA) is 29.3 Å². The average Bonchev–Trinajstić information content (AvgIpc) is 2.37. The highest BCUT2D eigenvalue weighted by Crippen LogP contribution is 2.38. The first kappa shape index (κ1) is 14.4. The summed E-state index contributed by atoms with van der Waals surface area (Å²) in [6, 6.07) is 8.84. The van der Waals surface area contributed by atoms with Crippen LogP contribution in [0.15, 0.2) is 24.3 Å². The number of nitrogens with zero attached hydrogens (tertiary/aromatic N) is 1. The van der Waals surface area contributed by atoms with Crippen LogP contribution in [0.4, 0.5) is 5.69 Å². The van der Waals surface area contributed by atoms with Crippen LogP contribution in [0.25, 0.3) is 0 Å². The molecule has 1 aliphatic heterocycles. The Morgan fingerprint density at radius 3 is 2.58 bits per heavy atom. The van der Waals surface area contributed by atoms with Gasteiger partial charge in [0.25, 0.3) is 0 Å².